The Balaban J connectivity index is 1.85. The van der Waals surface area contributed by atoms with Crippen LogP contribution in [0.3, 0.4) is 0 Å². The van der Waals surface area contributed by atoms with Crippen molar-refractivity contribution in [1.29, 1.82) is 0 Å². The normalized spacial score (nSPS) is 18.2. The van der Waals surface area contributed by atoms with Crippen molar-refractivity contribution >= 4 is 11.8 Å². The summed E-state index contributed by atoms with van der Waals surface area (Å²) in [6.45, 7) is 1.07. The zero-order valence-electron chi connectivity index (χ0n) is 12.2. The van der Waals surface area contributed by atoms with Gasteiger partial charge in [-0.3, -0.25) is 14.7 Å². The minimum atomic E-state index is -0.895. The molecule has 6 nitrogen and oxygen atoms in total. The van der Waals surface area contributed by atoms with E-state index in [0.717, 1.165) is 29.7 Å². The van der Waals surface area contributed by atoms with Crippen molar-refractivity contribution < 1.29 is 9.59 Å². The first-order valence-corrected chi connectivity index (χ1v) is 7.34. The molecule has 114 valence electrons. The fourth-order valence-electron chi connectivity index (χ4n) is 3.01. The first kappa shape index (κ1) is 14.3. The number of rotatable bonds is 2. The number of nitrogens with zero attached hydrogens (tertiary/aromatic N) is 2. The van der Waals surface area contributed by atoms with Crippen molar-refractivity contribution in [3.8, 4) is 11.1 Å². The van der Waals surface area contributed by atoms with Gasteiger partial charge < -0.3 is 10.6 Å². The van der Waals surface area contributed by atoms with E-state index in [1.54, 1.807) is 6.20 Å². The molecule has 1 saturated heterocycles. The fraction of sp³-hybridized carbons (Fsp3) is 0.312. The van der Waals surface area contributed by atoms with Crippen molar-refractivity contribution in [3.63, 3.8) is 0 Å². The second-order valence-electron chi connectivity index (χ2n) is 5.52. The van der Waals surface area contributed by atoms with Crippen LogP contribution < -0.4 is 5.73 Å². The number of nitrogens with two attached hydrogens (primary N) is 1. The third-order valence-electron chi connectivity index (χ3n) is 4.08. The van der Waals surface area contributed by atoms with Crippen molar-refractivity contribution in [3.05, 3.63) is 42.2 Å². The highest BCUT2D eigenvalue weighted by Crippen LogP contribution is 2.32. The Kier molecular flexibility index (Phi) is 3.91. The minimum Gasteiger partial charge on any atom is -0.361 e. The average molecular weight is 298 g/mol. The van der Waals surface area contributed by atoms with Crippen LogP contribution in [0.4, 0.5) is 0 Å². The van der Waals surface area contributed by atoms with Crippen LogP contribution in [0.2, 0.25) is 0 Å². The molecule has 0 aliphatic carbocycles. The van der Waals surface area contributed by atoms with E-state index < -0.39 is 11.8 Å². The third-order valence-corrected chi connectivity index (χ3v) is 4.08. The number of aromatic amines is 1. The number of likely N-dealkylation sites (tertiary alicyclic amines) is 1. The number of nitrogens with one attached hydrogen (secondary N) is 1. The summed E-state index contributed by atoms with van der Waals surface area (Å²) in [7, 11) is 0. The Hall–Kier alpha value is -2.63. The maximum atomic E-state index is 11.8. The van der Waals surface area contributed by atoms with E-state index in [4.69, 9.17) is 5.73 Å². The molecule has 2 amide bonds. The zero-order valence-corrected chi connectivity index (χ0v) is 12.2. The number of H-pyrrole nitrogens is 1. The van der Waals surface area contributed by atoms with Crippen LogP contribution in [0.25, 0.3) is 11.1 Å². The molecular formula is C16H18N4O2. The number of amides is 2. The maximum absolute atomic E-state index is 11.8. The fourth-order valence-corrected chi connectivity index (χ4v) is 3.01. The molecule has 1 fully saturated rings. The molecule has 2 aromatic rings. The summed E-state index contributed by atoms with van der Waals surface area (Å²) in [5, 5.41) is 7.22. The van der Waals surface area contributed by atoms with Gasteiger partial charge in [0.25, 0.3) is 0 Å². The van der Waals surface area contributed by atoms with E-state index in [9.17, 15) is 9.59 Å². The number of benzene rings is 1. The van der Waals surface area contributed by atoms with Gasteiger partial charge in [-0.15, -0.1) is 0 Å². The van der Waals surface area contributed by atoms with E-state index in [2.05, 4.69) is 10.2 Å². The molecular weight excluding hydrogens is 280 g/mol. The SMILES string of the molecule is NC(=O)C(=O)N1CCCC(c2[nH]ncc2-c2ccccc2)C1. The first-order chi connectivity index (χ1) is 10.7. The molecule has 3 N–H and O–H groups in total. The largest absolute Gasteiger partial charge is 0.361 e. The highest BCUT2D eigenvalue weighted by atomic mass is 16.2. The predicted octanol–water partition coefficient (Wildman–Crippen LogP) is 1.27. The summed E-state index contributed by atoms with van der Waals surface area (Å²) < 4.78 is 0. The molecule has 1 atom stereocenters. The van der Waals surface area contributed by atoms with E-state index in [1.165, 1.54) is 4.90 Å². The summed E-state index contributed by atoms with van der Waals surface area (Å²) in [5.41, 5.74) is 8.24. The second-order valence-corrected chi connectivity index (χ2v) is 5.52. The van der Waals surface area contributed by atoms with Gasteiger partial charge in [0.05, 0.1) is 6.20 Å². The van der Waals surface area contributed by atoms with E-state index >= 15 is 0 Å². The predicted molar refractivity (Wildman–Crippen MR) is 81.8 cm³/mol. The topological polar surface area (TPSA) is 92.1 Å². The number of piperidine rings is 1. The van der Waals surface area contributed by atoms with Crippen LogP contribution in [0.15, 0.2) is 36.5 Å². The minimum absolute atomic E-state index is 0.134. The van der Waals surface area contributed by atoms with Crippen molar-refractivity contribution in [2.75, 3.05) is 13.1 Å². The highest BCUT2D eigenvalue weighted by molar-refractivity contribution is 6.34. The molecule has 1 aliphatic rings. The molecule has 0 bridgehead atoms. The summed E-state index contributed by atoms with van der Waals surface area (Å²) in [4.78, 5) is 24.4. The highest BCUT2D eigenvalue weighted by Gasteiger charge is 2.29. The summed E-state index contributed by atoms with van der Waals surface area (Å²) >= 11 is 0. The van der Waals surface area contributed by atoms with Crippen LogP contribution in [0, 0.1) is 0 Å². The van der Waals surface area contributed by atoms with Gasteiger partial charge in [0.2, 0.25) is 0 Å². The third kappa shape index (κ3) is 2.72. The van der Waals surface area contributed by atoms with Gasteiger partial charge in [0.15, 0.2) is 0 Å². The van der Waals surface area contributed by atoms with Crippen LogP contribution in [0.5, 0.6) is 0 Å². The molecule has 1 aliphatic heterocycles. The van der Waals surface area contributed by atoms with Crippen LogP contribution in [-0.2, 0) is 9.59 Å². The standard InChI is InChI=1S/C16H18N4O2/c17-15(21)16(22)20-8-4-7-12(10-20)14-13(9-18-19-14)11-5-2-1-3-6-11/h1-3,5-6,9,12H,4,7-8,10H2,(H2,17,21)(H,18,19). The van der Waals surface area contributed by atoms with Crippen molar-refractivity contribution in [2.24, 2.45) is 5.73 Å². The Labute approximate surface area is 128 Å². The van der Waals surface area contributed by atoms with Gasteiger partial charge in [-0.05, 0) is 18.4 Å². The maximum Gasteiger partial charge on any atom is 0.311 e. The molecule has 3 rings (SSSR count). The molecule has 1 aromatic carbocycles. The number of hydrogen-bond acceptors (Lipinski definition) is 3. The number of aromatic nitrogens is 2. The van der Waals surface area contributed by atoms with Gasteiger partial charge in [-0.2, -0.15) is 5.10 Å². The number of hydrogen-bond donors (Lipinski definition) is 2. The molecule has 1 aromatic heterocycles. The molecule has 0 saturated carbocycles. The van der Waals surface area contributed by atoms with Crippen molar-refractivity contribution in [2.45, 2.75) is 18.8 Å². The monoisotopic (exact) mass is 298 g/mol. The van der Waals surface area contributed by atoms with E-state index in [0.29, 0.717) is 13.1 Å². The van der Waals surface area contributed by atoms with Crippen molar-refractivity contribution in [1.82, 2.24) is 15.1 Å². The molecule has 1 unspecified atom stereocenters. The lowest BCUT2D eigenvalue weighted by Crippen LogP contribution is -2.45. The Morgan fingerprint density at radius 2 is 2.05 bits per heavy atom. The zero-order chi connectivity index (χ0) is 15.5. The average Bonchev–Trinajstić information content (AvgIpc) is 3.04. The Morgan fingerprint density at radius 1 is 1.27 bits per heavy atom. The van der Waals surface area contributed by atoms with E-state index in [-0.39, 0.29) is 5.92 Å². The quantitative estimate of drug-likeness (QED) is 0.818. The van der Waals surface area contributed by atoms with Gasteiger partial charge in [-0.1, -0.05) is 30.3 Å². The van der Waals surface area contributed by atoms with Gasteiger partial charge >= 0.3 is 11.8 Å². The molecule has 0 spiro atoms. The number of carbonyl (C=O) groups excluding carboxylic acids is 2. The summed E-state index contributed by atoms with van der Waals surface area (Å²) in [5.74, 6) is -1.37. The Morgan fingerprint density at radius 3 is 2.77 bits per heavy atom. The summed E-state index contributed by atoms with van der Waals surface area (Å²) in [6, 6.07) is 10.00. The second kappa shape index (κ2) is 6.01. The smallest absolute Gasteiger partial charge is 0.311 e. The van der Waals surface area contributed by atoms with Crippen LogP contribution in [-0.4, -0.2) is 40.0 Å². The lowest BCUT2D eigenvalue weighted by molar-refractivity contribution is -0.145. The molecule has 6 heteroatoms. The lowest BCUT2D eigenvalue weighted by Gasteiger charge is -2.31. The van der Waals surface area contributed by atoms with Gasteiger partial charge in [-0.25, -0.2) is 0 Å². The van der Waals surface area contributed by atoms with Gasteiger partial charge in [0.1, 0.15) is 0 Å². The molecule has 22 heavy (non-hydrogen) atoms. The number of primary amides is 1. The summed E-state index contributed by atoms with van der Waals surface area (Å²) in [6.07, 6.45) is 3.60. The van der Waals surface area contributed by atoms with E-state index in [1.807, 2.05) is 30.3 Å². The first-order valence-electron chi connectivity index (χ1n) is 7.34. The molecule has 0 radical (unpaired) electrons. The molecule has 2 heterocycles. The Bertz CT molecular complexity index is 680. The lowest BCUT2D eigenvalue weighted by atomic mass is 9.90. The van der Waals surface area contributed by atoms with Crippen LogP contribution in [0.1, 0.15) is 24.5 Å². The van der Waals surface area contributed by atoms with Crippen LogP contribution >= 0.6 is 0 Å². The van der Waals surface area contributed by atoms with Gasteiger partial charge in [0, 0.05) is 30.3 Å². The number of carbonyl (C=O) groups is 2.